The number of anilines is 1. The van der Waals surface area contributed by atoms with E-state index in [2.05, 4.69) is 52.8 Å². The van der Waals surface area contributed by atoms with Crippen molar-refractivity contribution in [3.05, 3.63) is 29.3 Å². The van der Waals surface area contributed by atoms with Gasteiger partial charge in [-0.3, -0.25) is 4.79 Å². The highest BCUT2D eigenvalue weighted by atomic mass is 16.2. The summed E-state index contributed by atoms with van der Waals surface area (Å²) in [5.41, 5.74) is 3.23. The van der Waals surface area contributed by atoms with Crippen molar-refractivity contribution in [1.29, 1.82) is 0 Å². The number of benzene rings is 1. The Morgan fingerprint density at radius 2 is 1.89 bits per heavy atom. The summed E-state index contributed by atoms with van der Waals surface area (Å²) in [4.78, 5) is 14.5. The van der Waals surface area contributed by atoms with Gasteiger partial charge in [0, 0.05) is 7.05 Å². The lowest BCUT2D eigenvalue weighted by atomic mass is 9.71. The number of para-hydroxylation sites is 1. The number of hydrogen-bond donors (Lipinski definition) is 0. The average molecular weight is 245 g/mol. The van der Waals surface area contributed by atoms with E-state index < -0.39 is 0 Å². The third-order valence-electron chi connectivity index (χ3n) is 3.83. The molecule has 0 aromatic heterocycles. The number of rotatable bonds is 1. The van der Waals surface area contributed by atoms with Gasteiger partial charge in [-0.25, -0.2) is 0 Å². The Bertz CT molecular complexity index is 498. The van der Waals surface area contributed by atoms with Crippen molar-refractivity contribution in [3.63, 3.8) is 0 Å². The van der Waals surface area contributed by atoms with Crippen molar-refractivity contribution in [2.45, 2.75) is 46.5 Å². The molecule has 1 atom stereocenters. The van der Waals surface area contributed by atoms with Crippen LogP contribution in [0.15, 0.2) is 18.2 Å². The summed E-state index contributed by atoms with van der Waals surface area (Å²) in [6.07, 6.45) is 0.875. The standard InChI is InChI=1S/C16H23NO/c1-11-8-7-9-12-13(11)17(6)14(18)16(12,5)10-15(2,3)4/h7-9H,10H2,1-6H3/t16-/m0/s1. The van der Waals surface area contributed by atoms with Crippen molar-refractivity contribution >= 4 is 11.6 Å². The third kappa shape index (κ3) is 1.84. The molecule has 2 nitrogen and oxygen atoms in total. The van der Waals surface area contributed by atoms with Gasteiger partial charge in [0.1, 0.15) is 0 Å². The first-order chi connectivity index (χ1) is 8.17. The van der Waals surface area contributed by atoms with Gasteiger partial charge in [-0.2, -0.15) is 0 Å². The smallest absolute Gasteiger partial charge is 0.237 e. The van der Waals surface area contributed by atoms with E-state index in [-0.39, 0.29) is 16.7 Å². The molecule has 0 aliphatic carbocycles. The topological polar surface area (TPSA) is 20.3 Å². The van der Waals surface area contributed by atoms with E-state index >= 15 is 0 Å². The molecule has 1 aromatic rings. The maximum Gasteiger partial charge on any atom is 0.237 e. The normalized spacial score (nSPS) is 23.4. The largest absolute Gasteiger partial charge is 0.314 e. The summed E-state index contributed by atoms with van der Waals surface area (Å²) in [7, 11) is 1.89. The predicted octanol–water partition coefficient (Wildman–Crippen LogP) is 3.67. The van der Waals surface area contributed by atoms with Crippen LogP contribution in [0.4, 0.5) is 5.69 Å². The van der Waals surface area contributed by atoms with Crippen LogP contribution >= 0.6 is 0 Å². The lowest BCUT2D eigenvalue weighted by Gasteiger charge is -2.31. The zero-order valence-electron chi connectivity index (χ0n) is 12.3. The summed E-state index contributed by atoms with van der Waals surface area (Å²) >= 11 is 0. The molecule has 0 radical (unpaired) electrons. The summed E-state index contributed by atoms with van der Waals surface area (Å²) in [5.74, 6) is 0.224. The molecule has 98 valence electrons. The highest BCUT2D eigenvalue weighted by molar-refractivity contribution is 6.08. The Kier molecular flexibility index (Phi) is 2.80. The van der Waals surface area contributed by atoms with Crippen LogP contribution < -0.4 is 4.90 Å². The Balaban J connectivity index is 2.59. The molecule has 18 heavy (non-hydrogen) atoms. The van der Waals surface area contributed by atoms with Crippen LogP contribution in [0.3, 0.4) is 0 Å². The first-order valence-electron chi connectivity index (χ1n) is 6.55. The van der Waals surface area contributed by atoms with E-state index in [0.717, 1.165) is 12.1 Å². The molecule has 0 saturated carbocycles. The van der Waals surface area contributed by atoms with Gasteiger partial charge in [-0.1, -0.05) is 39.0 Å². The van der Waals surface area contributed by atoms with Gasteiger partial charge in [0.05, 0.1) is 11.1 Å². The summed E-state index contributed by atoms with van der Waals surface area (Å²) in [6, 6.07) is 6.24. The second-order valence-electron chi connectivity index (χ2n) is 6.90. The second-order valence-corrected chi connectivity index (χ2v) is 6.90. The molecule has 1 aromatic carbocycles. The molecule has 0 unspecified atom stereocenters. The molecule has 0 fully saturated rings. The fraction of sp³-hybridized carbons (Fsp3) is 0.562. The molecular weight excluding hydrogens is 222 g/mol. The molecule has 2 heteroatoms. The number of aryl methyl sites for hydroxylation is 1. The van der Waals surface area contributed by atoms with Crippen LogP contribution in [-0.4, -0.2) is 13.0 Å². The Hall–Kier alpha value is -1.31. The minimum atomic E-state index is -0.381. The number of carbonyl (C=O) groups excluding carboxylic acids is 1. The number of fused-ring (bicyclic) bond motifs is 1. The van der Waals surface area contributed by atoms with E-state index in [0.29, 0.717) is 0 Å². The maximum atomic E-state index is 12.6. The lowest BCUT2D eigenvalue weighted by molar-refractivity contribution is -0.123. The number of amides is 1. The highest BCUT2D eigenvalue weighted by Gasteiger charge is 2.48. The average Bonchev–Trinajstić information content (AvgIpc) is 2.40. The van der Waals surface area contributed by atoms with E-state index in [1.54, 1.807) is 0 Å². The first kappa shape index (κ1) is 13.1. The first-order valence-corrected chi connectivity index (χ1v) is 6.55. The van der Waals surface area contributed by atoms with Crippen molar-refractivity contribution in [2.24, 2.45) is 5.41 Å². The summed E-state index contributed by atoms with van der Waals surface area (Å²) in [5, 5.41) is 0. The minimum Gasteiger partial charge on any atom is -0.314 e. The van der Waals surface area contributed by atoms with E-state index in [1.807, 2.05) is 11.9 Å². The van der Waals surface area contributed by atoms with Crippen LogP contribution in [0.25, 0.3) is 0 Å². The third-order valence-corrected chi connectivity index (χ3v) is 3.83. The van der Waals surface area contributed by atoms with Gasteiger partial charge in [0.25, 0.3) is 0 Å². The molecule has 1 amide bonds. The van der Waals surface area contributed by atoms with Gasteiger partial charge in [0.2, 0.25) is 5.91 Å². The van der Waals surface area contributed by atoms with Crippen LogP contribution in [0.5, 0.6) is 0 Å². The van der Waals surface area contributed by atoms with Crippen molar-refractivity contribution in [1.82, 2.24) is 0 Å². The van der Waals surface area contributed by atoms with Gasteiger partial charge < -0.3 is 4.90 Å². The van der Waals surface area contributed by atoms with Crippen LogP contribution in [0.1, 0.15) is 45.2 Å². The zero-order chi connectivity index (χ0) is 13.7. The second kappa shape index (κ2) is 3.84. The quantitative estimate of drug-likeness (QED) is 0.739. The van der Waals surface area contributed by atoms with E-state index in [4.69, 9.17) is 0 Å². The van der Waals surface area contributed by atoms with Crippen molar-refractivity contribution in [2.75, 3.05) is 11.9 Å². The van der Waals surface area contributed by atoms with Gasteiger partial charge in [0.15, 0.2) is 0 Å². The summed E-state index contributed by atoms with van der Waals surface area (Å²) in [6.45, 7) is 10.7. The molecule has 2 rings (SSSR count). The Morgan fingerprint density at radius 1 is 1.28 bits per heavy atom. The monoisotopic (exact) mass is 245 g/mol. The molecule has 0 bridgehead atoms. The van der Waals surface area contributed by atoms with E-state index in [9.17, 15) is 4.79 Å². The number of hydrogen-bond acceptors (Lipinski definition) is 1. The van der Waals surface area contributed by atoms with Crippen LogP contribution in [0, 0.1) is 12.3 Å². The molecule has 1 aliphatic rings. The molecule has 1 aliphatic heterocycles. The predicted molar refractivity (Wildman–Crippen MR) is 76.0 cm³/mol. The highest BCUT2D eigenvalue weighted by Crippen LogP contribution is 2.48. The number of carbonyl (C=O) groups is 1. The molecule has 0 saturated heterocycles. The molecule has 1 heterocycles. The fourth-order valence-electron chi connectivity index (χ4n) is 3.37. The number of nitrogens with zero attached hydrogens (tertiary/aromatic N) is 1. The Labute approximate surface area is 110 Å². The van der Waals surface area contributed by atoms with Gasteiger partial charge >= 0.3 is 0 Å². The van der Waals surface area contributed by atoms with Crippen LogP contribution in [-0.2, 0) is 10.2 Å². The summed E-state index contributed by atoms with van der Waals surface area (Å²) < 4.78 is 0. The lowest BCUT2D eigenvalue weighted by Crippen LogP contribution is -2.39. The van der Waals surface area contributed by atoms with Crippen LogP contribution in [0.2, 0.25) is 0 Å². The zero-order valence-corrected chi connectivity index (χ0v) is 12.3. The molecular formula is C16H23NO. The van der Waals surface area contributed by atoms with Crippen molar-refractivity contribution in [3.8, 4) is 0 Å². The SMILES string of the molecule is Cc1cccc2c1N(C)C(=O)[C@@]2(C)CC(C)(C)C. The van der Waals surface area contributed by atoms with Gasteiger partial charge in [-0.15, -0.1) is 0 Å². The Morgan fingerprint density at radius 3 is 2.44 bits per heavy atom. The van der Waals surface area contributed by atoms with E-state index in [1.165, 1.54) is 11.1 Å². The molecule has 0 N–H and O–H groups in total. The van der Waals surface area contributed by atoms with Crippen molar-refractivity contribution < 1.29 is 4.79 Å². The molecule has 0 spiro atoms. The number of likely N-dealkylation sites (N-methyl/N-ethyl adjacent to an activating group) is 1. The minimum absolute atomic E-state index is 0.136. The fourth-order valence-corrected chi connectivity index (χ4v) is 3.37. The van der Waals surface area contributed by atoms with Gasteiger partial charge in [-0.05, 0) is 36.8 Å². The maximum absolute atomic E-state index is 12.6.